The SMILES string of the molecule is CCCNC1CCN(C(CC)(CC)CC)C(C)C1. The molecule has 108 valence electrons. The summed E-state index contributed by atoms with van der Waals surface area (Å²) in [5.41, 5.74) is 0.454. The van der Waals surface area contributed by atoms with Gasteiger partial charge in [-0.05, 0) is 52.0 Å². The van der Waals surface area contributed by atoms with Crippen LogP contribution in [0.5, 0.6) is 0 Å². The number of rotatable bonds is 7. The third-order valence-electron chi connectivity index (χ3n) is 5.14. The highest BCUT2D eigenvalue weighted by atomic mass is 15.2. The summed E-state index contributed by atoms with van der Waals surface area (Å²) in [5.74, 6) is 0. The van der Waals surface area contributed by atoms with Gasteiger partial charge in [-0.15, -0.1) is 0 Å². The van der Waals surface area contributed by atoms with Gasteiger partial charge >= 0.3 is 0 Å². The van der Waals surface area contributed by atoms with Gasteiger partial charge in [0.2, 0.25) is 0 Å². The zero-order valence-electron chi connectivity index (χ0n) is 13.3. The van der Waals surface area contributed by atoms with E-state index in [1.54, 1.807) is 0 Å². The second-order valence-corrected chi connectivity index (χ2v) is 6.00. The van der Waals surface area contributed by atoms with E-state index in [0.29, 0.717) is 5.54 Å². The Labute approximate surface area is 115 Å². The molecule has 2 atom stereocenters. The Morgan fingerprint density at radius 2 is 1.72 bits per heavy atom. The molecular weight excluding hydrogens is 220 g/mol. The van der Waals surface area contributed by atoms with Gasteiger partial charge in [0.1, 0.15) is 0 Å². The molecule has 1 N–H and O–H groups in total. The van der Waals surface area contributed by atoms with Crippen molar-refractivity contribution in [1.82, 2.24) is 10.2 Å². The monoisotopic (exact) mass is 254 g/mol. The van der Waals surface area contributed by atoms with Crippen molar-refractivity contribution in [3.8, 4) is 0 Å². The van der Waals surface area contributed by atoms with Crippen molar-refractivity contribution in [3.63, 3.8) is 0 Å². The highest BCUT2D eigenvalue weighted by molar-refractivity contribution is 4.94. The molecule has 1 heterocycles. The Morgan fingerprint density at radius 1 is 1.11 bits per heavy atom. The van der Waals surface area contributed by atoms with E-state index in [1.807, 2.05) is 0 Å². The predicted molar refractivity (Wildman–Crippen MR) is 81.1 cm³/mol. The molecule has 1 saturated heterocycles. The molecule has 1 aliphatic rings. The van der Waals surface area contributed by atoms with Gasteiger partial charge < -0.3 is 5.32 Å². The van der Waals surface area contributed by atoms with Gasteiger partial charge in [-0.3, -0.25) is 4.90 Å². The molecule has 18 heavy (non-hydrogen) atoms. The summed E-state index contributed by atoms with van der Waals surface area (Å²) >= 11 is 0. The van der Waals surface area contributed by atoms with Crippen molar-refractivity contribution in [3.05, 3.63) is 0 Å². The Hall–Kier alpha value is -0.0800. The lowest BCUT2D eigenvalue weighted by atomic mass is 9.83. The topological polar surface area (TPSA) is 15.3 Å². The van der Waals surface area contributed by atoms with Crippen LogP contribution in [0.25, 0.3) is 0 Å². The highest BCUT2D eigenvalue weighted by Gasteiger charge is 2.37. The number of nitrogens with zero attached hydrogens (tertiary/aromatic N) is 1. The third-order valence-corrected chi connectivity index (χ3v) is 5.14. The van der Waals surface area contributed by atoms with Crippen LogP contribution in [0.3, 0.4) is 0 Å². The van der Waals surface area contributed by atoms with Crippen molar-refractivity contribution < 1.29 is 0 Å². The molecule has 0 bridgehead atoms. The lowest BCUT2D eigenvalue weighted by Gasteiger charge is -2.50. The van der Waals surface area contributed by atoms with Gasteiger partial charge in [-0.1, -0.05) is 27.7 Å². The second kappa shape index (κ2) is 7.49. The van der Waals surface area contributed by atoms with Crippen LogP contribution in [0.4, 0.5) is 0 Å². The normalized spacial score (nSPS) is 26.5. The Kier molecular flexibility index (Phi) is 6.65. The van der Waals surface area contributed by atoms with Crippen molar-refractivity contribution in [2.75, 3.05) is 13.1 Å². The van der Waals surface area contributed by atoms with E-state index >= 15 is 0 Å². The lowest BCUT2D eigenvalue weighted by Crippen LogP contribution is -2.57. The van der Waals surface area contributed by atoms with E-state index in [2.05, 4.69) is 44.8 Å². The van der Waals surface area contributed by atoms with Crippen LogP contribution in [0, 0.1) is 0 Å². The smallest absolute Gasteiger partial charge is 0.0204 e. The minimum absolute atomic E-state index is 0.454. The minimum Gasteiger partial charge on any atom is -0.314 e. The van der Waals surface area contributed by atoms with Gasteiger partial charge in [0, 0.05) is 24.2 Å². The largest absolute Gasteiger partial charge is 0.314 e. The second-order valence-electron chi connectivity index (χ2n) is 6.00. The van der Waals surface area contributed by atoms with Gasteiger partial charge in [0.25, 0.3) is 0 Å². The van der Waals surface area contributed by atoms with Crippen LogP contribution in [-0.2, 0) is 0 Å². The summed E-state index contributed by atoms with van der Waals surface area (Å²) in [5, 5.41) is 3.70. The zero-order valence-corrected chi connectivity index (χ0v) is 13.3. The Morgan fingerprint density at radius 3 is 2.17 bits per heavy atom. The van der Waals surface area contributed by atoms with E-state index in [9.17, 15) is 0 Å². The van der Waals surface area contributed by atoms with Crippen LogP contribution < -0.4 is 5.32 Å². The summed E-state index contributed by atoms with van der Waals surface area (Å²) in [6, 6.07) is 1.48. The van der Waals surface area contributed by atoms with Crippen LogP contribution in [0.2, 0.25) is 0 Å². The number of hydrogen-bond acceptors (Lipinski definition) is 2. The fourth-order valence-electron chi connectivity index (χ4n) is 3.77. The molecular formula is C16H34N2. The van der Waals surface area contributed by atoms with Gasteiger partial charge in [0.05, 0.1) is 0 Å². The zero-order chi connectivity index (χ0) is 13.6. The molecule has 1 aliphatic heterocycles. The fraction of sp³-hybridized carbons (Fsp3) is 1.00. The van der Waals surface area contributed by atoms with E-state index in [4.69, 9.17) is 0 Å². The van der Waals surface area contributed by atoms with E-state index < -0.39 is 0 Å². The summed E-state index contributed by atoms with van der Waals surface area (Å²) in [4.78, 5) is 2.80. The van der Waals surface area contributed by atoms with Crippen LogP contribution in [0.1, 0.15) is 73.1 Å². The van der Waals surface area contributed by atoms with E-state index in [1.165, 1.54) is 51.6 Å². The average Bonchev–Trinajstić information content (AvgIpc) is 2.40. The fourth-order valence-corrected chi connectivity index (χ4v) is 3.77. The molecule has 0 aromatic rings. The molecule has 2 heteroatoms. The number of hydrogen-bond donors (Lipinski definition) is 1. The molecule has 1 rings (SSSR count). The van der Waals surface area contributed by atoms with E-state index in [0.717, 1.165) is 12.1 Å². The first-order valence-electron chi connectivity index (χ1n) is 8.13. The molecule has 0 spiro atoms. The van der Waals surface area contributed by atoms with Crippen molar-refractivity contribution in [1.29, 1.82) is 0 Å². The molecule has 1 fully saturated rings. The first-order chi connectivity index (χ1) is 8.63. The molecule has 0 amide bonds. The molecule has 0 aromatic carbocycles. The highest BCUT2D eigenvalue weighted by Crippen LogP contribution is 2.33. The molecule has 2 nitrogen and oxygen atoms in total. The molecule has 0 radical (unpaired) electrons. The number of likely N-dealkylation sites (tertiary alicyclic amines) is 1. The first kappa shape index (κ1) is 16.0. The molecule has 0 aromatic heterocycles. The Balaban J connectivity index is 2.60. The van der Waals surface area contributed by atoms with Gasteiger partial charge in [-0.25, -0.2) is 0 Å². The number of piperidine rings is 1. The van der Waals surface area contributed by atoms with Crippen molar-refractivity contribution >= 4 is 0 Å². The van der Waals surface area contributed by atoms with Crippen LogP contribution in [-0.4, -0.2) is 35.6 Å². The van der Waals surface area contributed by atoms with Gasteiger partial charge in [0.15, 0.2) is 0 Å². The van der Waals surface area contributed by atoms with E-state index in [-0.39, 0.29) is 0 Å². The first-order valence-corrected chi connectivity index (χ1v) is 8.13. The standard InChI is InChI=1S/C16H34N2/c1-6-11-17-15-10-12-18(14(5)13-15)16(7-2,8-3)9-4/h14-15,17H,6-13H2,1-5H3. The quantitative estimate of drug-likeness (QED) is 0.743. The molecule has 2 unspecified atom stereocenters. The number of nitrogens with one attached hydrogen (secondary N) is 1. The maximum Gasteiger partial charge on any atom is 0.0204 e. The van der Waals surface area contributed by atoms with Crippen molar-refractivity contribution in [2.24, 2.45) is 0 Å². The summed E-state index contributed by atoms with van der Waals surface area (Å²) < 4.78 is 0. The maximum atomic E-state index is 3.70. The average molecular weight is 254 g/mol. The van der Waals surface area contributed by atoms with Crippen LogP contribution >= 0.6 is 0 Å². The molecule has 0 saturated carbocycles. The van der Waals surface area contributed by atoms with Crippen LogP contribution in [0.15, 0.2) is 0 Å². The lowest BCUT2D eigenvalue weighted by molar-refractivity contribution is 0.00554. The predicted octanol–water partition coefficient (Wildman–Crippen LogP) is 3.81. The Bertz CT molecular complexity index is 215. The van der Waals surface area contributed by atoms with Crippen molar-refractivity contribution in [2.45, 2.75) is 90.8 Å². The summed E-state index contributed by atoms with van der Waals surface area (Å²) in [6.07, 6.45) is 7.76. The minimum atomic E-state index is 0.454. The third kappa shape index (κ3) is 3.48. The summed E-state index contributed by atoms with van der Waals surface area (Å²) in [7, 11) is 0. The molecule has 0 aliphatic carbocycles. The summed E-state index contributed by atoms with van der Waals surface area (Å²) in [6.45, 7) is 14.2. The van der Waals surface area contributed by atoms with Gasteiger partial charge in [-0.2, -0.15) is 0 Å². The maximum absolute atomic E-state index is 3.70.